The van der Waals surface area contributed by atoms with Crippen LogP contribution in [0.3, 0.4) is 0 Å². The van der Waals surface area contributed by atoms with E-state index >= 15 is 0 Å². The van der Waals surface area contributed by atoms with Crippen molar-refractivity contribution in [1.82, 2.24) is 23.1 Å². The maximum atomic E-state index is 11.9. The summed E-state index contributed by atoms with van der Waals surface area (Å²) in [4.78, 5) is 23.7. The number of aromatic nitrogens is 5. The van der Waals surface area contributed by atoms with Crippen LogP contribution in [0, 0.1) is 0 Å². The van der Waals surface area contributed by atoms with Gasteiger partial charge in [-0.05, 0) is 12.8 Å². The Kier molecular flexibility index (Phi) is 2.90. The predicted octanol–water partition coefficient (Wildman–Crippen LogP) is -0.0506. The molecule has 1 amide bonds. The topological polar surface area (TPSA) is 94.7 Å². The highest BCUT2D eigenvalue weighted by molar-refractivity contribution is 6.99. The summed E-state index contributed by atoms with van der Waals surface area (Å²) in [6.07, 6.45) is 3.57. The molecule has 0 radical (unpaired) electrons. The summed E-state index contributed by atoms with van der Waals surface area (Å²) < 4.78 is 10.3. The molecule has 0 spiro atoms. The molecule has 100 valence electrons. The first-order valence-corrected chi connectivity index (χ1v) is 6.59. The van der Waals surface area contributed by atoms with Crippen LogP contribution in [0.2, 0.25) is 0 Å². The average molecular weight is 280 g/mol. The Morgan fingerprint density at radius 1 is 1.58 bits per heavy atom. The number of nitrogens with one attached hydrogen (secondary N) is 1. The Balaban J connectivity index is 1.74. The first-order chi connectivity index (χ1) is 9.15. The van der Waals surface area contributed by atoms with E-state index in [1.165, 1.54) is 15.4 Å². The molecule has 0 unspecified atom stereocenters. The molecule has 2 aromatic heterocycles. The highest BCUT2D eigenvalue weighted by Gasteiger charge is 2.30. The van der Waals surface area contributed by atoms with E-state index in [1.54, 1.807) is 7.05 Å². The van der Waals surface area contributed by atoms with Crippen LogP contribution in [0.25, 0.3) is 0 Å². The molecule has 3 rings (SSSR count). The standard InChI is InChI=1S/C10H12N6O2S/c1-15-9(6-2-3-6)13-16(10(15)18)5-8(17)12-7-4-11-19-14-7/h4,6H,2-3,5H2,1H3,(H,12,14,17). The molecule has 1 aliphatic carbocycles. The molecular formula is C10H12N6O2S. The zero-order valence-corrected chi connectivity index (χ0v) is 11.1. The Morgan fingerprint density at radius 3 is 3.00 bits per heavy atom. The Morgan fingerprint density at radius 2 is 2.37 bits per heavy atom. The summed E-state index contributed by atoms with van der Waals surface area (Å²) >= 11 is 1.01. The second-order valence-electron chi connectivity index (χ2n) is 4.47. The molecule has 1 aliphatic rings. The van der Waals surface area contributed by atoms with Gasteiger partial charge in [0.25, 0.3) is 0 Å². The van der Waals surface area contributed by atoms with Crippen molar-refractivity contribution >= 4 is 23.5 Å². The van der Waals surface area contributed by atoms with Crippen LogP contribution < -0.4 is 11.0 Å². The van der Waals surface area contributed by atoms with Gasteiger partial charge in [0.15, 0.2) is 5.82 Å². The fraction of sp³-hybridized carbons (Fsp3) is 0.500. The maximum absolute atomic E-state index is 11.9. The molecule has 9 heteroatoms. The molecule has 0 aliphatic heterocycles. The van der Waals surface area contributed by atoms with Gasteiger partial charge in [0.2, 0.25) is 5.91 Å². The van der Waals surface area contributed by atoms with Crippen LogP contribution in [0.1, 0.15) is 24.6 Å². The number of rotatable bonds is 4. The average Bonchev–Trinajstić information content (AvgIpc) is 3.03. The number of carbonyl (C=O) groups excluding carboxylic acids is 1. The van der Waals surface area contributed by atoms with E-state index in [4.69, 9.17) is 0 Å². The Bertz CT molecular complexity index is 654. The molecular weight excluding hydrogens is 268 g/mol. The van der Waals surface area contributed by atoms with Gasteiger partial charge < -0.3 is 5.32 Å². The van der Waals surface area contributed by atoms with Crippen molar-refractivity contribution in [2.75, 3.05) is 5.32 Å². The molecule has 1 fully saturated rings. The smallest absolute Gasteiger partial charge is 0.307 e. The van der Waals surface area contributed by atoms with Crippen LogP contribution in [-0.2, 0) is 18.4 Å². The summed E-state index contributed by atoms with van der Waals surface area (Å²) in [5.41, 5.74) is -0.270. The summed E-state index contributed by atoms with van der Waals surface area (Å²) in [5, 5.41) is 6.77. The summed E-state index contributed by atoms with van der Waals surface area (Å²) in [7, 11) is 1.68. The van der Waals surface area contributed by atoms with Crippen LogP contribution in [0.15, 0.2) is 11.0 Å². The lowest BCUT2D eigenvalue weighted by Crippen LogP contribution is -2.29. The molecule has 2 aromatic rings. The molecule has 19 heavy (non-hydrogen) atoms. The van der Waals surface area contributed by atoms with Crippen molar-refractivity contribution in [1.29, 1.82) is 0 Å². The molecule has 8 nitrogen and oxygen atoms in total. The van der Waals surface area contributed by atoms with Gasteiger partial charge in [-0.25, -0.2) is 9.48 Å². The minimum atomic E-state index is -0.338. The lowest BCUT2D eigenvalue weighted by molar-refractivity contribution is -0.117. The van der Waals surface area contributed by atoms with E-state index in [1.807, 2.05) is 0 Å². The normalized spacial score (nSPS) is 14.6. The summed E-state index contributed by atoms with van der Waals surface area (Å²) in [6, 6.07) is 0. The molecule has 0 aromatic carbocycles. The van der Waals surface area contributed by atoms with Crippen LogP contribution in [0.4, 0.5) is 5.82 Å². The minimum absolute atomic E-state index is 0.114. The van der Waals surface area contributed by atoms with Gasteiger partial charge in [-0.2, -0.15) is 13.8 Å². The molecule has 0 bridgehead atoms. The lowest BCUT2D eigenvalue weighted by Gasteiger charge is -1.99. The van der Waals surface area contributed by atoms with Gasteiger partial charge in [-0.3, -0.25) is 9.36 Å². The first kappa shape index (κ1) is 12.0. The maximum Gasteiger partial charge on any atom is 0.346 e. The van der Waals surface area contributed by atoms with Crippen molar-refractivity contribution in [2.24, 2.45) is 7.05 Å². The van der Waals surface area contributed by atoms with E-state index < -0.39 is 0 Å². The lowest BCUT2D eigenvalue weighted by atomic mass is 10.4. The Hall–Kier alpha value is -2.03. The minimum Gasteiger partial charge on any atom is -0.307 e. The SMILES string of the molecule is Cn1c(C2CC2)nn(CC(=O)Nc2cnsn2)c1=O. The third-order valence-corrected chi connectivity index (χ3v) is 3.42. The zero-order chi connectivity index (χ0) is 13.4. The fourth-order valence-corrected chi connectivity index (χ4v) is 2.22. The number of hydrogen-bond acceptors (Lipinski definition) is 6. The fourth-order valence-electron chi connectivity index (χ4n) is 1.84. The van der Waals surface area contributed by atoms with Gasteiger partial charge in [0, 0.05) is 13.0 Å². The summed E-state index contributed by atoms with van der Waals surface area (Å²) in [5.74, 6) is 1.18. The third-order valence-electron chi connectivity index (χ3n) is 2.94. The van der Waals surface area contributed by atoms with Gasteiger partial charge in [0.1, 0.15) is 12.4 Å². The van der Waals surface area contributed by atoms with Gasteiger partial charge >= 0.3 is 5.69 Å². The quantitative estimate of drug-likeness (QED) is 0.847. The molecule has 1 saturated carbocycles. The van der Waals surface area contributed by atoms with Crippen molar-refractivity contribution < 1.29 is 4.79 Å². The number of nitrogens with zero attached hydrogens (tertiary/aromatic N) is 5. The second kappa shape index (κ2) is 4.57. The first-order valence-electron chi connectivity index (χ1n) is 5.86. The molecule has 0 saturated heterocycles. The van der Waals surface area contributed by atoms with Gasteiger partial charge in [0.05, 0.1) is 17.9 Å². The molecule has 0 atom stereocenters. The molecule has 2 heterocycles. The van der Waals surface area contributed by atoms with Gasteiger partial charge in [-0.1, -0.05) is 0 Å². The van der Waals surface area contributed by atoms with E-state index in [0.717, 1.165) is 30.4 Å². The predicted molar refractivity (Wildman–Crippen MR) is 68.0 cm³/mol. The highest BCUT2D eigenvalue weighted by Crippen LogP contribution is 2.38. The Labute approximate surface area is 112 Å². The third kappa shape index (κ3) is 2.41. The number of amides is 1. The van der Waals surface area contributed by atoms with Gasteiger partial charge in [-0.15, -0.1) is 0 Å². The number of hydrogen-bond donors (Lipinski definition) is 1. The van der Waals surface area contributed by atoms with Crippen LogP contribution in [-0.4, -0.2) is 29.0 Å². The largest absolute Gasteiger partial charge is 0.346 e. The highest BCUT2D eigenvalue weighted by atomic mass is 32.1. The van der Waals surface area contributed by atoms with E-state index in [9.17, 15) is 9.59 Å². The zero-order valence-electron chi connectivity index (χ0n) is 10.2. The monoisotopic (exact) mass is 280 g/mol. The summed E-state index contributed by atoms with van der Waals surface area (Å²) in [6.45, 7) is -0.114. The van der Waals surface area contributed by atoms with Crippen molar-refractivity contribution in [3.8, 4) is 0 Å². The number of anilines is 1. The molecule has 1 N–H and O–H groups in total. The van der Waals surface area contributed by atoms with Crippen LogP contribution in [0.5, 0.6) is 0 Å². The van der Waals surface area contributed by atoms with E-state index in [0.29, 0.717) is 11.7 Å². The van der Waals surface area contributed by atoms with E-state index in [-0.39, 0.29) is 18.1 Å². The van der Waals surface area contributed by atoms with Crippen molar-refractivity contribution in [3.05, 3.63) is 22.5 Å². The van der Waals surface area contributed by atoms with Crippen LogP contribution >= 0.6 is 11.7 Å². The number of carbonyl (C=O) groups is 1. The van der Waals surface area contributed by atoms with Crippen molar-refractivity contribution in [3.63, 3.8) is 0 Å². The van der Waals surface area contributed by atoms with E-state index in [2.05, 4.69) is 19.2 Å². The second-order valence-corrected chi connectivity index (χ2v) is 5.03. The van der Waals surface area contributed by atoms with Crippen molar-refractivity contribution in [2.45, 2.75) is 25.3 Å².